The molecule has 0 aliphatic carbocycles. The van der Waals surface area contributed by atoms with Gasteiger partial charge in [0.05, 0.1) is 6.54 Å². The Balaban J connectivity index is 1.82. The van der Waals surface area contributed by atoms with Crippen LogP contribution in [0.25, 0.3) is 0 Å². The summed E-state index contributed by atoms with van der Waals surface area (Å²) in [5.41, 5.74) is -0.320. The van der Waals surface area contributed by atoms with Gasteiger partial charge in [0.2, 0.25) is 5.91 Å². The van der Waals surface area contributed by atoms with E-state index < -0.39 is 12.0 Å². The van der Waals surface area contributed by atoms with Crippen molar-refractivity contribution in [1.29, 1.82) is 0 Å². The van der Waals surface area contributed by atoms with Crippen molar-refractivity contribution in [2.45, 2.75) is 52.1 Å². The Kier molecular flexibility index (Phi) is 8.77. The Morgan fingerprint density at radius 1 is 1.22 bits per heavy atom. The number of hydrogen-bond acceptors (Lipinski definition) is 5. The number of ether oxygens (including phenoxy) is 2. The van der Waals surface area contributed by atoms with Crippen molar-refractivity contribution in [3.63, 3.8) is 0 Å². The highest BCUT2D eigenvalue weighted by Gasteiger charge is 2.32. The number of carbonyl (C=O) groups is 2. The summed E-state index contributed by atoms with van der Waals surface area (Å²) in [7, 11) is 1.69. The average Bonchev–Trinajstić information content (AvgIpc) is 2.65. The van der Waals surface area contributed by atoms with Gasteiger partial charge in [0.15, 0.2) is 0 Å². The van der Waals surface area contributed by atoms with Gasteiger partial charge in [-0.1, -0.05) is 18.2 Å². The summed E-state index contributed by atoms with van der Waals surface area (Å²) >= 11 is 0. The van der Waals surface area contributed by atoms with Gasteiger partial charge in [0, 0.05) is 32.2 Å². The number of nitrogens with zero attached hydrogens (tertiary/aromatic N) is 2. The Bertz CT molecular complexity index is 780. The van der Waals surface area contributed by atoms with E-state index in [0.717, 1.165) is 19.4 Å². The molecule has 2 amide bonds. The lowest BCUT2D eigenvalue weighted by Crippen LogP contribution is -2.46. The molecule has 1 saturated heterocycles. The van der Waals surface area contributed by atoms with E-state index in [1.54, 1.807) is 18.0 Å². The van der Waals surface area contributed by atoms with Crippen LogP contribution in [0.15, 0.2) is 24.3 Å². The maximum Gasteiger partial charge on any atom is 0.573 e. The molecule has 1 N–H and O–H groups in total. The van der Waals surface area contributed by atoms with E-state index in [1.807, 2.05) is 25.7 Å². The minimum absolute atomic E-state index is 0.0657. The largest absolute Gasteiger partial charge is 0.573 e. The highest BCUT2D eigenvalue weighted by Crippen LogP contribution is 2.26. The second-order valence-corrected chi connectivity index (χ2v) is 9.04. The van der Waals surface area contributed by atoms with Crippen LogP contribution in [0.3, 0.4) is 0 Å². The number of likely N-dealkylation sites (tertiary alicyclic amines) is 1. The molecule has 32 heavy (non-hydrogen) atoms. The number of hydrogen-bond donors (Lipinski definition) is 1. The zero-order valence-electron chi connectivity index (χ0n) is 19.0. The molecule has 180 valence electrons. The van der Waals surface area contributed by atoms with E-state index in [0.29, 0.717) is 13.1 Å². The Morgan fingerprint density at radius 2 is 1.91 bits per heavy atom. The molecule has 1 aromatic carbocycles. The molecule has 0 radical (unpaired) electrons. The van der Waals surface area contributed by atoms with Crippen molar-refractivity contribution < 1.29 is 32.2 Å². The first-order valence-electron chi connectivity index (χ1n) is 10.6. The van der Waals surface area contributed by atoms with E-state index in [9.17, 15) is 22.8 Å². The lowest BCUT2D eigenvalue weighted by Gasteiger charge is -2.34. The Morgan fingerprint density at radius 3 is 2.56 bits per heavy atom. The second-order valence-electron chi connectivity index (χ2n) is 9.04. The minimum atomic E-state index is -4.80. The SMILES string of the molecule is CN(CC1CCCN(CC(=O)NCc2ccccc2OC(F)(F)F)C1)C(=O)OC(C)(C)C. The molecule has 1 aromatic rings. The number of rotatable bonds is 7. The van der Waals surface area contributed by atoms with Gasteiger partial charge in [-0.3, -0.25) is 9.69 Å². The molecule has 1 aliphatic rings. The third kappa shape index (κ3) is 9.33. The predicted octanol–water partition coefficient (Wildman–Crippen LogP) is 3.78. The standard InChI is InChI=1S/C22H32F3N3O4/c1-21(2,3)32-20(30)27(4)13-16-8-7-11-28(14-16)15-19(29)26-12-17-9-5-6-10-18(17)31-22(23,24)25/h5-6,9-10,16H,7-8,11-15H2,1-4H3,(H,26,29). The lowest BCUT2D eigenvalue weighted by molar-refractivity contribution is -0.274. The van der Waals surface area contributed by atoms with Crippen molar-refractivity contribution in [1.82, 2.24) is 15.1 Å². The number of piperidine rings is 1. The lowest BCUT2D eigenvalue weighted by atomic mass is 9.97. The number of alkyl halides is 3. The van der Waals surface area contributed by atoms with Crippen LogP contribution in [-0.2, 0) is 16.1 Å². The van der Waals surface area contributed by atoms with E-state index in [4.69, 9.17) is 4.74 Å². The van der Waals surface area contributed by atoms with E-state index in [1.165, 1.54) is 18.2 Å². The maximum atomic E-state index is 12.5. The van der Waals surface area contributed by atoms with Crippen LogP contribution in [0, 0.1) is 5.92 Å². The zero-order chi connectivity index (χ0) is 23.9. The third-order valence-corrected chi connectivity index (χ3v) is 4.88. The topological polar surface area (TPSA) is 71.1 Å². The van der Waals surface area contributed by atoms with Gasteiger partial charge in [-0.2, -0.15) is 0 Å². The molecule has 0 aromatic heterocycles. The normalized spacial score (nSPS) is 17.5. The number of para-hydroxylation sites is 1. The van der Waals surface area contributed by atoms with Gasteiger partial charge in [-0.05, 0) is 52.1 Å². The number of carbonyl (C=O) groups excluding carboxylic acids is 2. The number of nitrogens with one attached hydrogen (secondary N) is 1. The molecular formula is C22H32F3N3O4. The Labute approximate surface area is 186 Å². The molecule has 1 atom stereocenters. The van der Waals surface area contributed by atoms with Crippen molar-refractivity contribution >= 4 is 12.0 Å². The fourth-order valence-corrected chi connectivity index (χ4v) is 3.57. The fourth-order valence-electron chi connectivity index (χ4n) is 3.57. The van der Waals surface area contributed by atoms with Gasteiger partial charge >= 0.3 is 12.5 Å². The van der Waals surface area contributed by atoms with Gasteiger partial charge in [0.25, 0.3) is 0 Å². The first-order chi connectivity index (χ1) is 14.8. The summed E-state index contributed by atoms with van der Waals surface area (Å²) in [6.45, 7) is 7.42. The van der Waals surface area contributed by atoms with Crippen LogP contribution in [0.5, 0.6) is 5.75 Å². The van der Waals surface area contributed by atoms with Crippen LogP contribution in [0.4, 0.5) is 18.0 Å². The van der Waals surface area contributed by atoms with Crippen molar-refractivity contribution in [3.8, 4) is 5.75 Å². The molecule has 0 spiro atoms. The fraction of sp³-hybridized carbons (Fsp3) is 0.636. The van der Waals surface area contributed by atoms with Crippen LogP contribution < -0.4 is 10.1 Å². The van der Waals surface area contributed by atoms with Crippen LogP contribution in [-0.4, -0.2) is 67.0 Å². The molecule has 7 nitrogen and oxygen atoms in total. The van der Waals surface area contributed by atoms with Crippen LogP contribution in [0.2, 0.25) is 0 Å². The van der Waals surface area contributed by atoms with E-state index in [-0.39, 0.29) is 42.3 Å². The van der Waals surface area contributed by atoms with E-state index >= 15 is 0 Å². The summed E-state index contributed by atoms with van der Waals surface area (Å²) in [6, 6.07) is 5.71. The predicted molar refractivity (Wildman–Crippen MR) is 113 cm³/mol. The summed E-state index contributed by atoms with van der Waals surface area (Å²) < 4.78 is 47.0. The first kappa shape index (κ1) is 25.8. The molecule has 10 heteroatoms. The zero-order valence-corrected chi connectivity index (χ0v) is 19.0. The van der Waals surface area contributed by atoms with Crippen molar-refractivity contribution in [2.24, 2.45) is 5.92 Å². The second kappa shape index (κ2) is 10.9. The van der Waals surface area contributed by atoms with Gasteiger partial charge in [0.1, 0.15) is 11.4 Å². The third-order valence-electron chi connectivity index (χ3n) is 4.88. The van der Waals surface area contributed by atoms with Gasteiger partial charge < -0.3 is 19.7 Å². The molecular weight excluding hydrogens is 427 g/mol. The van der Waals surface area contributed by atoms with Gasteiger partial charge in [-0.15, -0.1) is 13.2 Å². The summed E-state index contributed by atoms with van der Waals surface area (Å²) in [6.07, 6.45) is -3.35. The average molecular weight is 460 g/mol. The minimum Gasteiger partial charge on any atom is -0.444 e. The molecule has 1 fully saturated rings. The summed E-state index contributed by atoms with van der Waals surface area (Å²) in [5, 5.41) is 2.66. The molecule has 1 heterocycles. The highest BCUT2D eigenvalue weighted by atomic mass is 19.4. The van der Waals surface area contributed by atoms with E-state index in [2.05, 4.69) is 10.1 Å². The highest BCUT2D eigenvalue weighted by molar-refractivity contribution is 5.78. The Hall–Kier alpha value is -2.49. The molecule has 0 saturated carbocycles. The number of halogens is 3. The number of benzene rings is 1. The van der Waals surface area contributed by atoms with Crippen LogP contribution >= 0.6 is 0 Å². The first-order valence-corrected chi connectivity index (χ1v) is 10.6. The molecule has 2 rings (SSSR count). The smallest absolute Gasteiger partial charge is 0.444 e. The summed E-state index contributed by atoms with van der Waals surface area (Å²) in [5.74, 6) is -0.411. The maximum absolute atomic E-state index is 12.5. The molecule has 0 bridgehead atoms. The number of amides is 2. The molecule has 1 unspecified atom stereocenters. The van der Waals surface area contributed by atoms with Crippen LogP contribution in [0.1, 0.15) is 39.2 Å². The quantitative estimate of drug-likeness (QED) is 0.672. The van der Waals surface area contributed by atoms with Crippen molar-refractivity contribution in [2.75, 3.05) is 33.2 Å². The molecule has 1 aliphatic heterocycles. The van der Waals surface area contributed by atoms with Gasteiger partial charge in [-0.25, -0.2) is 4.79 Å². The summed E-state index contributed by atoms with van der Waals surface area (Å²) in [4.78, 5) is 28.1. The van der Waals surface area contributed by atoms with Crippen molar-refractivity contribution in [3.05, 3.63) is 29.8 Å². The monoisotopic (exact) mass is 459 g/mol.